The number of fused-ring (bicyclic) bond motifs is 1. The molecule has 2 aromatic heterocycles. The van der Waals surface area contributed by atoms with E-state index in [9.17, 15) is 4.79 Å². The van der Waals surface area contributed by atoms with E-state index in [1.165, 1.54) is 0 Å². The number of aryl methyl sites for hydroxylation is 3. The molecule has 0 unspecified atom stereocenters. The number of nitrogens with one attached hydrogen (secondary N) is 1. The summed E-state index contributed by atoms with van der Waals surface area (Å²) in [6, 6.07) is 9.07. The quantitative estimate of drug-likeness (QED) is 0.770. The third kappa shape index (κ3) is 3.33. The maximum atomic E-state index is 12.8. The van der Waals surface area contributed by atoms with Crippen LogP contribution < -0.4 is 10.1 Å². The fraction of sp³-hybridized carbons (Fsp3) is 0.316. The lowest BCUT2D eigenvalue weighted by molar-refractivity contribution is 0.102. The van der Waals surface area contributed by atoms with Crippen LogP contribution in [0.25, 0.3) is 11.0 Å². The van der Waals surface area contributed by atoms with E-state index < -0.39 is 0 Å². The van der Waals surface area contributed by atoms with Crippen LogP contribution in [-0.4, -0.2) is 27.8 Å². The Morgan fingerprint density at radius 3 is 2.60 bits per heavy atom. The Hall–Kier alpha value is -2.89. The molecule has 25 heavy (non-hydrogen) atoms. The number of hydrogen-bond donors (Lipinski definition) is 1. The average Bonchev–Trinajstić information content (AvgIpc) is 2.91. The Bertz CT molecular complexity index is 913. The number of ether oxygens (including phenoxy) is 1. The smallest absolute Gasteiger partial charge is 0.256 e. The number of benzene rings is 1. The number of rotatable bonds is 5. The van der Waals surface area contributed by atoms with Gasteiger partial charge in [0.15, 0.2) is 5.65 Å². The van der Waals surface area contributed by atoms with Gasteiger partial charge in [0.1, 0.15) is 5.75 Å². The third-order valence-corrected chi connectivity index (χ3v) is 4.03. The van der Waals surface area contributed by atoms with E-state index in [1.54, 1.807) is 7.11 Å². The van der Waals surface area contributed by atoms with E-state index in [1.807, 2.05) is 48.9 Å². The zero-order valence-corrected chi connectivity index (χ0v) is 15.0. The maximum Gasteiger partial charge on any atom is 0.256 e. The van der Waals surface area contributed by atoms with Crippen LogP contribution in [0.5, 0.6) is 5.75 Å². The normalized spacial score (nSPS) is 10.9. The highest BCUT2D eigenvalue weighted by atomic mass is 16.5. The molecule has 2 heterocycles. The number of methoxy groups -OCH3 is 1. The van der Waals surface area contributed by atoms with Crippen molar-refractivity contribution in [2.75, 3.05) is 12.4 Å². The lowest BCUT2D eigenvalue weighted by atomic mass is 10.1. The molecule has 0 atom stereocenters. The number of carbonyl (C=O) groups excluding carboxylic acids is 1. The fourth-order valence-electron chi connectivity index (χ4n) is 2.90. The molecule has 0 bridgehead atoms. The summed E-state index contributed by atoms with van der Waals surface area (Å²) in [6.45, 7) is 6.67. The minimum Gasteiger partial charge on any atom is -0.497 e. The molecule has 0 fully saturated rings. The van der Waals surface area contributed by atoms with Crippen LogP contribution in [0, 0.1) is 13.8 Å². The van der Waals surface area contributed by atoms with Gasteiger partial charge in [-0.2, -0.15) is 5.10 Å². The molecule has 6 heteroatoms. The van der Waals surface area contributed by atoms with Crippen molar-refractivity contribution in [3.63, 3.8) is 0 Å². The molecule has 1 amide bonds. The molecule has 130 valence electrons. The Labute approximate surface area is 146 Å². The zero-order valence-electron chi connectivity index (χ0n) is 15.0. The molecule has 6 nitrogen and oxygen atoms in total. The highest BCUT2D eigenvalue weighted by Crippen LogP contribution is 2.24. The van der Waals surface area contributed by atoms with Crippen molar-refractivity contribution >= 4 is 22.6 Å². The molecule has 0 aliphatic carbocycles. The summed E-state index contributed by atoms with van der Waals surface area (Å²) < 4.78 is 7.02. The van der Waals surface area contributed by atoms with Gasteiger partial charge in [-0.25, -0.2) is 9.67 Å². The van der Waals surface area contributed by atoms with Gasteiger partial charge in [-0.05, 0) is 50.6 Å². The van der Waals surface area contributed by atoms with Gasteiger partial charge < -0.3 is 10.1 Å². The SMILES string of the molecule is CCCn1nc(C)c2c(C(=O)Nc3ccc(OC)cc3)cc(C)nc21. The van der Waals surface area contributed by atoms with Crippen LogP contribution in [0.2, 0.25) is 0 Å². The standard InChI is InChI=1S/C19H22N4O2/c1-5-10-23-18-17(13(3)22-23)16(11-12(2)20-18)19(24)21-14-6-8-15(25-4)9-7-14/h6-9,11H,5,10H2,1-4H3,(H,21,24). The number of carbonyl (C=O) groups is 1. The summed E-state index contributed by atoms with van der Waals surface area (Å²) in [7, 11) is 1.61. The molecule has 1 N–H and O–H groups in total. The van der Waals surface area contributed by atoms with Gasteiger partial charge in [0, 0.05) is 17.9 Å². The minimum absolute atomic E-state index is 0.167. The van der Waals surface area contributed by atoms with Crippen LogP contribution in [0.1, 0.15) is 35.1 Å². The molecule has 0 aliphatic heterocycles. The maximum absolute atomic E-state index is 12.8. The molecule has 3 rings (SSSR count). The Kier molecular flexibility index (Phi) is 4.70. The van der Waals surface area contributed by atoms with E-state index in [0.717, 1.165) is 41.1 Å². The molecule has 3 aromatic rings. The molecule has 0 radical (unpaired) electrons. The number of aromatic nitrogens is 3. The Balaban J connectivity index is 2.00. The predicted octanol–water partition coefficient (Wildman–Crippen LogP) is 3.72. The van der Waals surface area contributed by atoms with E-state index >= 15 is 0 Å². The number of pyridine rings is 1. The molecule has 0 saturated heterocycles. The fourth-order valence-corrected chi connectivity index (χ4v) is 2.90. The van der Waals surface area contributed by atoms with Crippen molar-refractivity contribution in [1.82, 2.24) is 14.8 Å². The van der Waals surface area contributed by atoms with Crippen LogP contribution in [-0.2, 0) is 6.54 Å². The first kappa shape index (κ1) is 17.0. The van der Waals surface area contributed by atoms with Gasteiger partial charge in [-0.15, -0.1) is 0 Å². The summed E-state index contributed by atoms with van der Waals surface area (Å²) >= 11 is 0. The van der Waals surface area contributed by atoms with E-state index in [4.69, 9.17) is 4.74 Å². The predicted molar refractivity (Wildman–Crippen MR) is 98.2 cm³/mol. The topological polar surface area (TPSA) is 69.0 Å². The van der Waals surface area contributed by atoms with Gasteiger partial charge in [0.2, 0.25) is 0 Å². The Morgan fingerprint density at radius 2 is 1.96 bits per heavy atom. The van der Waals surface area contributed by atoms with Crippen molar-refractivity contribution in [2.24, 2.45) is 0 Å². The first-order chi connectivity index (χ1) is 12.0. The van der Waals surface area contributed by atoms with Gasteiger partial charge in [-0.1, -0.05) is 6.92 Å². The van der Waals surface area contributed by atoms with Crippen LogP contribution in [0.15, 0.2) is 30.3 Å². The third-order valence-electron chi connectivity index (χ3n) is 4.03. The monoisotopic (exact) mass is 338 g/mol. The largest absolute Gasteiger partial charge is 0.497 e. The molecule has 0 aliphatic rings. The van der Waals surface area contributed by atoms with Gasteiger partial charge in [0.25, 0.3) is 5.91 Å². The van der Waals surface area contributed by atoms with Gasteiger partial charge in [0.05, 0.1) is 23.8 Å². The zero-order chi connectivity index (χ0) is 18.0. The lowest BCUT2D eigenvalue weighted by Gasteiger charge is -2.09. The number of anilines is 1. The van der Waals surface area contributed by atoms with Crippen LogP contribution in [0.3, 0.4) is 0 Å². The lowest BCUT2D eigenvalue weighted by Crippen LogP contribution is -2.13. The number of nitrogens with zero attached hydrogens (tertiary/aromatic N) is 3. The van der Waals surface area contributed by atoms with Gasteiger partial charge in [-0.3, -0.25) is 4.79 Å². The second kappa shape index (κ2) is 6.93. The minimum atomic E-state index is -0.167. The van der Waals surface area contributed by atoms with Gasteiger partial charge >= 0.3 is 0 Å². The van der Waals surface area contributed by atoms with Crippen LogP contribution in [0.4, 0.5) is 5.69 Å². The summed E-state index contributed by atoms with van der Waals surface area (Å²) in [4.78, 5) is 17.4. The van der Waals surface area contributed by atoms with E-state index in [0.29, 0.717) is 11.3 Å². The first-order valence-corrected chi connectivity index (χ1v) is 8.33. The molecular weight excluding hydrogens is 316 g/mol. The van der Waals surface area contributed by atoms with Crippen molar-refractivity contribution in [3.8, 4) is 5.75 Å². The second-order valence-corrected chi connectivity index (χ2v) is 6.00. The van der Waals surface area contributed by atoms with E-state index in [2.05, 4.69) is 22.3 Å². The van der Waals surface area contributed by atoms with Crippen molar-refractivity contribution in [3.05, 3.63) is 47.3 Å². The molecule has 1 aromatic carbocycles. The molecule has 0 spiro atoms. The number of hydrogen-bond acceptors (Lipinski definition) is 4. The summed E-state index contributed by atoms with van der Waals surface area (Å²) in [5.41, 5.74) is 3.69. The summed E-state index contributed by atoms with van der Waals surface area (Å²) in [5.74, 6) is 0.580. The first-order valence-electron chi connectivity index (χ1n) is 8.33. The Morgan fingerprint density at radius 1 is 1.24 bits per heavy atom. The highest BCUT2D eigenvalue weighted by molar-refractivity contribution is 6.12. The molecule has 0 saturated carbocycles. The number of amides is 1. The second-order valence-electron chi connectivity index (χ2n) is 6.00. The van der Waals surface area contributed by atoms with Crippen molar-refractivity contribution in [2.45, 2.75) is 33.7 Å². The van der Waals surface area contributed by atoms with Crippen molar-refractivity contribution < 1.29 is 9.53 Å². The van der Waals surface area contributed by atoms with Crippen LogP contribution >= 0.6 is 0 Å². The average molecular weight is 338 g/mol. The molecular formula is C19H22N4O2. The van der Waals surface area contributed by atoms with E-state index in [-0.39, 0.29) is 5.91 Å². The van der Waals surface area contributed by atoms with Crippen molar-refractivity contribution in [1.29, 1.82) is 0 Å². The summed E-state index contributed by atoms with van der Waals surface area (Å²) in [5, 5.41) is 8.30. The summed E-state index contributed by atoms with van der Waals surface area (Å²) in [6.07, 6.45) is 0.958. The highest BCUT2D eigenvalue weighted by Gasteiger charge is 2.18.